The molecule has 1 aliphatic heterocycles. The first kappa shape index (κ1) is 19.0. The van der Waals surface area contributed by atoms with Crippen LogP contribution in [0.3, 0.4) is 0 Å². The summed E-state index contributed by atoms with van der Waals surface area (Å²) in [6.45, 7) is 1.53. The molecule has 1 fully saturated rings. The minimum absolute atomic E-state index is 0.136. The number of amides is 1. The van der Waals surface area contributed by atoms with E-state index in [9.17, 15) is 15.0 Å². The van der Waals surface area contributed by atoms with Gasteiger partial charge < -0.3 is 19.8 Å². The van der Waals surface area contributed by atoms with E-state index in [1.54, 1.807) is 19.2 Å². The Balaban J connectivity index is 2.22. The summed E-state index contributed by atoms with van der Waals surface area (Å²) in [6, 6.07) is 7.27. The fourth-order valence-corrected chi connectivity index (χ4v) is 3.71. The van der Waals surface area contributed by atoms with Crippen molar-refractivity contribution in [2.24, 2.45) is 5.92 Å². The lowest BCUT2D eigenvalue weighted by molar-refractivity contribution is -0.0585. The van der Waals surface area contributed by atoms with Crippen molar-refractivity contribution in [3.8, 4) is 0 Å². The van der Waals surface area contributed by atoms with Gasteiger partial charge in [0.15, 0.2) is 0 Å². The molecule has 0 spiro atoms. The van der Waals surface area contributed by atoms with Crippen LogP contribution in [-0.2, 0) is 10.3 Å². The highest BCUT2D eigenvalue weighted by Crippen LogP contribution is 2.40. The second-order valence-electron chi connectivity index (χ2n) is 6.45. The van der Waals surface area contributed by atoms with Crippen LogP contribution in [0, 0.1) is 5.92 Å². The first-order valence-corrected chi connectivity index (χ1v) is 8.80. The third-order valence-electron chi connectivity index (χ3n) is 4.85. The molecule has 24 heavy (non-hydrogen) atoms. The van der Waals surface area contributed by atoms with Crippen LogP contribution in [0.15, 0.2) is 24.3 Å². The summed E-state index contributed by atoms with van der Waals surface area (Å²) >= 11 is 6.12. The van der Waals surface area contributed by atoms with E-state index >= 15 is 0 Å². The van der Waals surface area contributed by atoms with Crippen molar-refractivity contribution in [3.05, 3.63) is 34.9 Å². The Morgan fingerprint density at radius 1 is 1.46 bits per heavy atom. The molecule has 1 aromatic rings. The predicted octanol–water partition coefficient (Wildman–Crippen LogP) is 3.73. The molecule has 2 N–H and O–H groups in total. The number of piperidine rings is 1. The zero-order valence-electron chi connectivity index (χ0n) is 14.1. The molecule has 2 atom stereocenters. The van der Waals surface area contributed by atoms with Crippen LogP contribution < -0.4 is 0 Å². The van der Waals surface area contributed by atoms with E-state index < -0.39 is 11.7 Å². The van der Waals surface area contributed by atoms with E-state index in [0.29, 0.717) is 31.1 Å². The van der Waals surface area contributed by atoms with E-state index in [1.807, 2.05) is 12.1 Å². The lowest BCUT2D eigenvalue weighted by atomic mass is 9.74. The molecule has 1 aromatic carbocycles. The summed E-state index contributed by atoms with van der Waals surface area (Å²) in [5.41, 5.74) is -0.308. The summed E-state index contributed by atoms with van der Waals surface area (Å²) in [5, 5.41) is 21.4. The molecule has 0 aliphatic carbocycles. The van der Waals surface area contributed by atoms with Crippen LogP contribution in [0.5, 0.6) is 0 Å². The lowest BCUT2D eigenvalue weighted by Crippen LogP contribution is -2.47. The number of methoxy groups -OCH3 is 1. The van der Waals surface area contributed by atoms with Crippen LogP contribution in [0.1, 0.15) is 37.7 Å². The third kappa shape index (κ3) is 4.62. The van der Waals surface area contributed by atoms with Crippen molar-refractivity contribution >= 4 is 17.7 Å². The standard InChI is InChI=1S/C18H26ClNO4/c1-24-11-3-2-9-18(23,14-6-4-8-16(19)12-14)15-7-5-10-20(13-15)17(21)22/h4,6,8,12,15,23H,2-3,5,7,9-11,13H2,1H3,(H,21,22). The van der Waals surface area contributed by atoms with Gasteiger partial charge in [-0.15, -0.1) is 0 Å². The monoisotopic (exact) mass is 355 g/mol. The predicted molar refractivity (Wildman–Crippen MR) is 93.4 cm³/mol. The van der Waals surface area contributed by atoms with Gasteiger partial charge in [-0.3, -0.25) is 0 Å². The number of carbonyl (C=O) groups is 1. The van der Waals surface area contributed by atoms with E-state index in [-0.39, 0.29) is 5.92 Å². The number of aliphatic hydroxyl groups is 1. The van der Waals surface area contributed by atoms with Crippen LogP contribution >= 0.6 is 11.6 Å². The normalized spacial score (nSPS) is 20.6. The molecule has 0 bridgehead atoms. The van der Waals surface area contributed by atoms with E-state index in [2.05, 4.69) is 0 Å². The van der Waals surface area contributed by atoms with Crippen molar-refractivity contribution < 1.29 is 19.7 Å². The number of hydrogen-bond donors (Lipinski definition) is 2. The molecule has 1 amide bonds. The Bertz CT molecular complexity index is 554. The molecular formula is C18H26ClNO4. The average Bonchev–Trinajstić information content (AvgIpc) is 2.58. The molecule has 1 heterocycles. The van der Waals surface area contributed by atoms with Gasteiger partial charge in [0.05, 0.1) is 5.60 Å². The van der Waals surface area contributed by atoms with Gasteiger partial charge >= 0.3 is 6.09 Å². The van der Waals surface area contributed by atoms with Gasteiger partial charge in [0, 0.05) is 37.7 Å². The van der Waals surface area contributed by atoms with Crippen LogP contribution in [0.25, 0.3) is 0 Å². The zero-order chi connectivity index (χ0) is 17.6. The Morgan fingerprint density at radius 2 is 2.25 bits per heavy atom. The molecular weight excluding hydrogens is 330 g/mol. The van der Waals surface area contributed by atoms with Gasteiger partial charge in [-0.2, -0.15) is 0 Å². The summed E-state index contributed by atoms with van der Waals surface area (Å²) in [4.78, 5) is 12.7. The molecule has 2 rings (SSSR count). The largest absolute Gasteiger partial charge is 0.465 e. The summed E-state index contributed by atoms with van der Waals surface area (Å²) in [5.74, 6) is -0.136. The van der Waals surface area contributed by atoms with Crippen molar-refractivity contribution in [3.63, 3.8) is 0 Å². The fourth-order valence-electron chi connectivity index (χ4n) is 3.52. The van der Waals surface area contributed by atoms with Crippen LogP contribution in [0.2, 0.25) is 5.02 Å². The number of rotatable bonds is 7. The lowest BCUT2D eigenvalue weighted by Gasteiger charge is -2.42. The number of unbranched alkanes of at least 4 members (excludes halogenated alkanes) is 1. The Kier molecular flexibility index (Phi) is 6.90. The van der Waals surface area contributed by atoms with Gasteiger partial charge in [0.1, 0.15) is 0 Å². The SMILES string of the molecule is COCCCCC(O)(c1cccc(Cl)c1)C1CCCN(C(=O)O)C1. The molecule has 5 nitrogen and oxygen atoms in total. The second-order valence-corrected chi connectivity index (χ2v) is 6.89. The van der Waals surface area contributed by atoms with E-state index in [1.165, 1.54) is 4.90 Å². The number of carboxylic acid groups (broad SMARTS) is 1. The number of likely N-dealkylation sites (tertiary alicyclic amines) is 1. The number of nitrogens with zero attached hydrogens (tertiary/aromatic N) is 1. The summed E-state index contributed by atoms with van der Waals surface area (Å²) in [6.07, 6.45) is 2.87. The Morgan fingerprint density at radius 3 is 2.92 bits per heavy atom. The quantitative estimate of drug-likeness (QED) is 0.731. The van der Waals surface area contributed by atoms with Crippen LogP contribution in [0.4, 0.5) is 4.79 Å². The van der Waals surface area contributed by atoms with Gasteiger partial charge in [-0.1, -0.05) is 23.7 Å². The fraction of sp³-hybridized carbons (Fsp3) is 0.611. The summed E-state index contributed by atoms with van der Waals surface area (Å²) in [7, 11) is 1.66. The molecule has 0 radical (unpaired) electrons. The maximum Gasteiger partial charge on any atom is 0.407 e. The molecule has 0 aromatic heterocycles. The average molecular weight is 356 g/mol. The van der Waals surface area contributed by atoms with Crippen molar-refractivity contribution in [2.75, 3.05) is 26.8 Å². The topological polar surface area (TPSA) is 70.0 Å². The highest BCUT2D eigenvalue weighted by Gasteiger charge is 2.41. The maximum atomic E-state index is 11.5. The highest BCUT2D eigenvalue weighted by molar-refractivity contribution is 6.30. The Hall–Kier alpha value is -1.30. The molecule has 6 heteroatoms. The Labute approximate surface area is 148 Å². The second kappa shape index (κ2) is 8.70. The first-order chi connectivity index (χ1) is 11.5. The number of ether oxygens (including phenoxy) is 1. The molecule has 1 aliphatic rings. The molecule has 134 valence electrons. The molecule has 2 unspecified atom stereocenters. The molecule has 1 saturated heterocycles. The zero-order valence-corrected chi connectivity index (χ0v) is 14.8. The van der Waals surface area contributed by atoms with E-state index in [4.69, 9.17) is 16.3 Å². The first-order valence-electron chi connectivity index (χ1n) is 8.42. The maximum absolute atomic E-state index is 11.5. The van der Waals surface area contributed by atoms with Gasteiger partial charge in [-0.25, -0.2) is 4.79 Å². The van der Waals surface area contributed by atoms with Gasteiger partial charge in [0.25, 0.3) is 0 Å². The third-order valence-corrected chi connectivity index (χ3v) is 5.08. The highest BCUT2D eigenvalue weighted by atomic mass is 35.5. The smallest absolute Gasteiger partial charge is 0.407 e. The van der Waals surface area contributed by atoms with Crippen molar-refractivity contribution in [2.45, 2.75) is 37.7 Å². The van der Waals surface area contributed by atoms with Crippen molar-refractivity contribution in [1.29, 1.82) is 0 Å². The van der Waals surface area contributed by atoms with Crippen LogP contribution in [-0.4, -0.2) is 48.0 Å². The van der Waals surface area contributed by atoms with Crippen molar-refractivity contribution in [1.82, 2.24) is 4.90 Å². The van der Waals surface area contributed by atoms with E-state index in [0.717, 1.165) is 31.2 Å². The van der Waals surface area contributed by atoms with Gasteiger partial charge in [0.2, 0.25) is 0 Å². The summed E-state index contributed by atoms with van der Waals surface area (Å²) < 4.78 is 5.09. The number of hydrogen-bond acceptors (Lipinski definition) is 3. The molecule has 0 saturated carbocycles. The number of benzene rings is 1. The number of halogens is 1. The minimum Gasteiger partial charge on any atom is -0.465 e. The minimum atomic E-state index is -1.08. The van der Waals surface area contributed by atoms with Gasteiger partial charge in [-0.05, 0) is 49.8 Å².